The lowest BCUT2D eigenvalue weighted by Crippen LogP contribution is -1.97. The molecule has 0 saturated heterocycles. The van der Waals surface area contributed by atoms with E-state index in [0.29, 0.717) is 15.5 Å². The Morgan fingerprint density at radius 1 is 0.875 bits per heavy atom. The molecule has 1 heterocycles. The van der Waals surface area contributed by atoms with E-state index in [0.717, 1.165) is 11.1 Å². The summed E-state index contributed by atoms with van der Waals surface area (Å²) < 4.78 is 24.3. The van der Waals surface area contributed by atoms with Crippen LogP contribution in [0, 0.1) is 0 Å². The molecule has 0 fully saturated rings. The van der Waals surface area contributed by atoms with E-state index in [4.69, 9.17) is 5.73 Å². The summed E-state index contributed by atoms with van der Waals surface area (Å²) in [5.74, 6) is 0. The zero-order valence-electron chi connectivity index (χ0n) is 8.34. The van der Waals surface area contributed by atoms with Crippen LogP contribution in [0.2, 0.25) is 0 Å². The van der Waals surface area contributed by atoms with Gasteiger partial charge in [0.15, 0.2) is 0 Å². The van der Waals surface area contributed by atoms with Gasteiger partial charge in [0.25, 0.3) is 0 Å². The number of rotatable bonds is 0. The topological polar surface area (TPSA) is 60.2 Å². The Labute approximate surface area is 93.4 Å². The second-order valence-electron chi connectivity index (χ2n) is 3.76. The average Bonchev–Trinajstić information content (AvgIpc) is 2.49. The van der Waals surface area contributed by atoms with E-state index >= 15 is 0 Å². The van der Waals surface area contributed by atoms with Crippen molar-refractivity contribution < 1.29 is 8.42 Å². The zero-order valence-corrected chi connectivity index (χ0v) is 9.16. The fraction of sp³-hybridized carbons (Fsp3) is 0. The van der Waals surface area contributed by atoms with Crippen molar-refractivity contribution in [1.82, 2.24) is 0 Å². The molecular formula is C12H9NO2S. The summed E-state index contributed by atoms with van der Waals surface area (Å²) >= 11 is 0. The van der Waals surface area contributed by atoms with Crippen LogP contribution in [-0.2, 0) is 9.84 Å². The minimum atomic E-state index is -3.37. The first kappa shape index (κ1) is 9.42. The molecule has 16 heavy (non-hydrogen) atoms. The molecule has 0 amide bonds. The monoisotopic (exact) mass is 231 g/mol. The Bertz CT molecular complexity index is 690. The van der Waals surface area contributed by atoms with Crippen molar-refractivity contribution in [2.45, 2.75) is 9.79 Å². The maximum atomic E-state index is 12.2. The fourth-order valence-corrected chi connectivity index (χ4v) is 3.75. The van der Waals surface area contributed by atoms with Gasteiger partial charge in [0.05, 0.1) is 9.79 Å². The molecule has 0 radical (unpaired) electrons. The van der Waals surface area contributed by atoms with Crippen molar-refractivity contribution in [3.05, 3.63) is 42.5 Å². The van der Waals surface area contributed by atoms with Gasteiger partial charge < -0.3 is 5.73 Å². The van der Waals surface area contributed by atoms with Crippen molar-refractivity contribution in [1.29, 1.82) is 0 Å². The maximum absolute atomic E-state index is 12.2. The third kappa shape index (κ3) is 1.05. The van der Waals surface area contributed by atoms with Crippen molar-refractivity contribution in [2.75, 3.05) is 5.73 Å². The molecule has 0 aliphatic carbocycles. The first-order valence-corrected chi connectivity index (χ1v) is 6.33. The number of sulfone groups is 1. The van der Waals surface area contributed by atoms with Gasteiger partial charge in [-0.1, -0.05) is 24.3 Å². The van der Waals surface area contributed by atoms with Crippen LogP contribution in [0.15, 0.2) is 52.3 Å². The normalized spacial score (nSPS) is 15.5. The Morgan fingerprint density at radius 3 is 2.38 bits per heavy atom. The highest BCUT2D eigenvalue weighted by molar-refractivity contribution is 7.92. The molecule has 2 N–H and O–H groups in total. The molecule has 0 spiro atoms. The molecule has 0 bridgehead atoms. The van der Waals surface area contributed by atoms with E-state index in [9.17, 15) is 8.42 Å². The number of benzene rings is 2. The number of hydrogen-bond donors (Lipinski definition) is 1. The van der Waals surface area contributed by atoms with Gasteiger partial charge in [0.2, 0.25) is 9.84 Å². The summed E-state index contributed by atoms with van der Waals surface area (Å²) in [6.07, 6.45) is 0. The van der Waals surface area contributed by atoms with Gasteiger partial charge in [-0.05, 0) is 18.2 Å². The quantitative estimate of drug-likeness (QED) is 0.602. The zero-order chi connectivity index (χ0) is 11.3. The summed E-state index contributed by atoms with van der Waals surface area (Å²) in [5.41, 5.74) is 7.59. The minimum Gasteiger partial charge on any atom is -0.399 e. The van der Waals surface area contributed by atoms with Gasteiger partial charge >= 0.3 is 0 Å². The molecular weight excluding hydrogens is 222 g/mol. The molecule has 3 rings (SSSR count). The number of fused-ring (bicyclic) bond motifs is 3. The second kappa shape index (κ2) is 2.86. The van der Waals surface area contributed by atoms with Crippen molar-refractivity contribution in [3.8, 4) is 11.1 Å². The van der Waals surface area contributed by atoms with Crippen LogP contribution in [0.3, 0.4) is 0 Å². The van der Waals surface area contributed by atoms with Crippen LogP contribution in [0.4, 0.5) is 5.69 Å². The molecule has 3 nitrogen and oxygen atoms in total. The van der Waals surface area contributed by atoms with Crippen molar-refractivity contribution in [3.63, 3.8) is 0 Å². The van der Waals surface area contributed by atoms with Crippen LogP contribution in [0.5, 0.6) is 0 Å². The minimum absolute atomic E-state index is 0.314. The lowest BCUT2D eigenvalue weighted by atomic mass is 10.1. The fourth-order valence-electron chi connectivity index (χ4n) is 2.03. The molecule has 0 saturated carbocycles. The van der Waals surface area contributed by atoms with Gasteiger partial charge in [-0.2, -0.15) is 0 Å². The van der Waals surface area contributed by atoms with Crippen LogP contribution in [0.1, 0.15) is 0 Å². The van der Waals surface area contributed by atoms with E-state index in [1.807, 2.05) is 12.1 Å². The maximum Gasteiger partial charge on any atom is 0.207 e. The molecule has 0 aromatic heterocycles. The molecule has 0 unspecified atom stereocenters. The Kier molecular flexibility index (Phi) is 1.68. The summed E-state index contributed by atoms with van der Waals surface area (Å²) in [5, 5.41) is 0. The smallest absolute Gasteiger partial charge is 0.207 e. The summed E-state index contributed by atoms with van der Waals surface area (Å²) in [6, 6.07) is 12.0. The summed E-state index contributed by atoms with van der Waals surface area (Å²) in [4.78, 5) is 0.685. The van der Waals surface area contributed by atoms with Gasteiger partial charge in [0, 0.05) is 16.8 Å². The van der Waals surface area contributed by atoms with Crippen LogP contribution in [0.25, 0.3) is 11.1 Å². The molecule has 4 heteroatoms. The highest BCUT2D eigenvalue weighted by Crippen LogP contribution is 2.43. The first-order valence-electron chi connectivity index (χ1n) is 4.85. The van der Waals surface area contributed by atoms with E-state index in [-0.39, 0.29) is 0 Å². The standard InChI is InChI=1S/C12H9NO2S/c13-8-5-6-10-9-3-1-2-4-11(9)16(14,15)12(10)7-8/h1-7H,13H2. The van der Waals surface area contributed by atoms with E-state index < -0.39 is 9.84 Å². The summed E-state index contributed by atoms with van der Waals surface area (Å²) in [7, 11) is -3.37. The van der Waals surface area contributed by atoms with Crippen molar-refractivity contribution >= 4 is 15.5 Å². The van der Waals surface area contributed by atoms with E-state index in [1.165, 1.54) is 6.07 Å². The molecule has 80 valence electrons. The molecule has 2 aromatic carbocycles. The predicted molar refractivity (Wildman–Crippen MR) is 61.7 cm³/mol. The van der Waals surface area contributed by atoms with Gasteiger partial charge in [-0.15, -0.1) is 0 Å². The molecule has 2 aromatic rings. The third-order valence-electron chi connectivity index (χ3n) is 2.76. The second-order valence-corrected chi connectivity index (χ2v) is 5.64. The van der Waals surface area contributed by atoms with Gasteiger partial charge in [-0.25, -0.2) is 8.42 Å². The number of nitrogen functional groups attached to an aromatic ring is 1. The lowest BCUT2D eigenvalue weighted by molar-refractivity contribution is 0.598. The van der Waals surface area contributed by atoms with Gasteiger partial charge in [-0.3, -0.25) is 0 Å². The first-order chi connectivity index (χ1) is 7.60. The number of hydrogen-bond acceptors (Lipinski definition) is 3. The Hall–Kier alpha value is -1.81. The van der Waals surface area contributed by atoms with Crippen LogP contribution >= 0.6 is 0 Å². The van der Waals surface area contributed by atoms with Crippen LogP contribution in [-0.4, -0.2) is 8.42 Å². The Morgan fingerprint density at radius 2 is 1.56 bits per heavy atom. The largest absolute Gasteiger partial charge is 0.399 e. The third-order valence-corrected chi connectivity index (χ3v) is 4.61. The van der Waals surface area contributed by atoms with E-state index in [1.54, 1.807) is 24.3 Å². The van der Waals surface area contributed by atoms with E-state index in [2.05, 4.69) is 0 Å². The summed E-state index contributed by atoms with van der Waals surface area (Å²) in [6.45, 7) is 0. The van der Waals surface area contributed by atoms with Gasteiger partial charge in [0.1, 0.15) is 0 Å². The average molecular weight is 231 g/mol. The molecule has 0 atom stereocenters. The van der Waals surface area contributed by atoms with Crippen molar-refractivity contribution in [2.24, 2.45) is 0 Å². The number of nitrogens with two attached hydrogens (primary N) is 1. The van der Waals surface area contributed by atoms with Crippen LogP contribution < -0.4 is 5.73 Å². The predicted octanol–water partition coefficient (Wildman–Crippen LogP) is 2.08. The highest BCUT2D eigenvalue weighted by atomic mass is 32.2. The number of anilines is 1. The molecule has 1 aliphatic rings. The molecule has 1 aliphatic heterocycles. The Balaban J connectivity index is 2.49. The SMILES string of the molecule is Nc1ccc2c(c1)S(=O)(=O)c1ccccc1-2. The highest BCUT2D eigenvalue weighted by Gasteiger charge is 2.32. The lowest BCUT2D eigenvalue weighted by Gasteiger charge is -1.99.